The minimum atomic E-state index is -0.942. The number of carbonyl (C=O) groups excluding carboxylic acids is 1. The molecule has 0 saturated heterocycles. The highest BCUT2D eigenvalue weighted by Gasteiger charge is 2.03. The predicted molar refractivity (Wildman–Crippen MR) is 96.7 cm³/mol. The van der Waals surface area contributed by atoms with Gasteiger partial charge in [-0.25, -0.2) is 4.79 Å². The molecule has 0 atom stereocenters. The first-order chi connectivity index (χ1) is 11.1. The van der Waals surface area contributed by atoms with Crippen LogP contribution in [0.5, 0.6) is 0 Å². The molecule has 3 heteroatoms. The number of hydrogen-bond acceptors (Lipinski definition) is 2. The molecule has 0 heterocycles. The second-order valence-corrected chi connectivity index (χ2v) is 6.57. The van der Waals surface area contributed by atoms with Crippen LogP contribution in [0.4, 0.5) is 0 Å². The molecule has 3 nitrogen and oxygen atoms in total. The quantitative estimate of drug-likeness (QED) is 0.277. The topological polar surface area (TPSA) is 54.4 Å². The van der Waals surface area contributed by atoms with Gasteiger partial charge >= 0.3 is 5.97 Å². The van der Waals surface area contributed by atoms with E-state index >= 15 is 0 Å². The van der Waals surface area contributed by atoms with Crippen LogP contribution in [0.3, 0.4) is 0 Å². The lowest BCUT2D eigenvalue weighted by atomic mass is 10.0. The Morgan fingerprint density at radius 2 is 1.22 bits per heavy atom. The third kappa shape index (κ3) is 15.5. The Kier molecular flexibility index (Phi) is 15.0. The van der Waals surface area contributed by atoms with Crippen LogP contribution in [-0.4, -0.2) is 16.9 Å². The molecule has 0 fully saturated rings. The molecule has 23 heavy (non-hydrogen) atoms. The monoisotopic (exact) mass is 324 g/mol. The van der Waals surface area contributed by atoms with E-state index in [0.717, 1.165) is 12.8 Å². The van der Waals surface area contributed by atoms with Crippen LogP contribution in [-0.2, 0) is 9.59 Å². The van der Waals surface area contributed by atoms with Gasteiger partial charge in [-0.05, 0) is 13.3 Å². The van der Waals surface area contributed by atoms with Crippen molar-refractivity contribution in [3.8, 4) is 0 Å². The molecule has 0 amide bonds. The van der Waals surface area contributed by atoms with Crippen LogP contribution in [0.25, 0.3) is 0 Å². The molecule has 0 radical (unpaired) electrons. The van der Waals surface area contributed by atoms with E-state index in [4.69, 9.17) is 5.11 Å². The van der Waals surface area contributed by atoms with Crippen LogP contribution < -0.4 is 0 Å². The van der Waals surface area contributed by atoms with Gasteiger partial charge in [0, 0.05) is 18.4 Å². The molecular weight excluding hydrogens is 288 g/mol. The average molecular weight is 325 g/mol. The van der Waals surface area contributed by atoms with Crippen molar-refractivity contribution in [3.05, 3.63) is 11.6 Å². The summed E-state index contributed by atoms with van der Waals surface area (Å²) < 4.78 is 0. The molecule has 0 rings (SSSR count). The van der Waals surface area contributed by atoms with E-state index in [1.807, 2.05) is 0 Å². The van der Waals surface area contributed by atoms with Crippen molar-refractivity contribution < 1.29 is 14.7 Å². The van der Waals surface area contributed by atoms with Gasteiger partial charge in [0.2, 0.25) is 0 Å². The Labute approximate surface area is 142 Å². The van der Waals surface area contributed by atoms with Gasteiger partial charge in [0.1, 0.15) is 5.78 Å². The van der Waals surface area contributed by atoms with E-state index in [2.05, 4.69) is 6.92 Å². The smallest absolute Gasteiger partial charge is 0.330 e. The maximum atomic E-state index is 11.6. The van der Waals surface area contributed by atoms with E-state index in [1.165, 1.54) is 77.2 Å². The first-order valence-corrected chi connectivity index (χ1v) is 9.49. The van der Waals surface area contributed by atoms with Crippen LogP contribution in [0.2, 0.25) is 0 Å². The van der Waals surface area contributed by atoms with E-state index in [-0.39, 0.29) is 17.8 Å². The summed E-state index contributed by atoms with van der Waals surface area (Å²) in [6.07, 6.45) is 17.8. The van der Waals surface area contributed by atoms with Crippen LogP contribution in [0, 0.1) is 0 Å². The summed E-state index contributed by atoms with van der Waals surface area (Å²) in [4.78, 5) is 22.2. The molecule has 0 aliphatic rings. The molecule has 0 aliphatic carbocycles. The molecule has 0 saturated carbocycles. The number of rotatable bonds is 16. The van der Waals surface area contributed by atoms with E-state index in [1.54, 1.807) is 0 Å². The van der Waals surface area contributed by atoms with Crippen molar-refractivity contribution >= 4 is 11.8 Å². The molecule has 0 aromatic rings. The van der Waals surface area contributed by atoms with Crippen LogP contribution in [0.15, 0.2) is 11.6 Å². The second-order valence-electron chi connectivity index (χ2n) is 6.57. The summed E-state index contributed by atoms with van der Waals surface area (Å²) in [5.74, 6) is -0.791. The molecule has 0 aromatic carbocycles. The first-order valence-electron chi connectivity index (χ1n) is 9.49. The van der Waals surface area contributed by atoms with Gasteiger partial charge in [-0.3, -0.25) is 4.79 Å². The van der Waals surface area contributed by atoms with Crippen molar-refractivity contribution in [2.75, 3.05) is 0 Å². The highest BCUT2D eigenvalue weighted by molar-refractivity contribution is 5.87. The Morgan fingerprint density at radius 3 is 1.65 bits per heavy atom. The van der Waals surface area contributed by atoms with Crippen molar-refractivity contribution in [2.45, 2.75) is 104 Å². The fourth-order valence-electron chi connectivity index (χ4n) is 2.62. The normalized spacial score (nSPS) is 11.7. The van der Waals surface area contributed by atoms with Gasteiger partial charge in [0.05, 0.1) is 0 Å². The Morgan fingerprint density at radius 1 is 0.783 bits per heavy atom. The molecule has 0 unspecified atom stereocenters. The second kappa shape index (κ2) is 15.8. The molecule has 134 valence electrons. The zero-order chi connectivity index (χ0) is 17.3. The van der Waals surface area contributed by atoms with Crippen molar-refractivity contribution in [2.24, 2.45) is 0 Å². The summed E-state index contributed by atoms with van der Waals surface area (Å²) in [6, 6.07) is 0. The molecule has 0 bridgehead atoms. The lowest BCUT2D eigenvalue weighted by Crippen LogP contribution is -2.00. The number of ketones is 1. The number of aliphatic carboxylic acids is 1. The van der Waals surface area contributed by atoms with Crippen molar-refractivity contribution in [1.82, 2.24) is 0 Å². The van der Waals surface area contributed by atoms with Gasteiger partial charge in [-0.2, -0.15) is 0 Å². The Bertz CT molecular complexity index is 345. The largest absolute Gasteiger partial charge is 0.478 e. The lowest BCUT2D eigenvalue weighted by molar-refractivity contribution is -0.132. The van der Waals surface area contributed by atoms with Crippen LogP contribution in [0.1, 0.15) is 104 Å². The number of unbranched alkanes of at least 4 members (excludes halogenated alkanes) is 11. The standard InChI is InChI=1S/C20H36O3/c1-3-4-5-6-7-8-9-10-11-12-13-14-15-19(21)17-16-18(2)20(22)23/h16H,3-15,17H2,1-2H3,(H,22,23). The minimum absolute atomic E-state index is 0.151. The van der Waals surface area contributed by atoms with Gasteiger partial charge in [-0.15, -0.1) is 0 Å². The summed E-state index contributed by atoms with van der Waals surface area (Å²) >= 11 is 0. The number of carboxylic acid groups (broad SMARTS) is 1. The predicted octanol–water partition coefficient (Wildman–Crippen LogP) is 6.07. The zero-order valence-electron chi connectivity index (χ0n) is 15.2. The van der Waals surface area contributed by atoms with Crippen molar-refractivity contribution in [3.63, 3.8) is 0 Å². The highest BCUT2D eigenvalue weighted by atomic mass is 16.4. The maximum absolute atomic E-state index is 11.6. The molecule has 0 aromatic heterocycles. The summed E-state index contributed by atoms with van der Waals surface area (Å²) in [5.41, 5.74) is 0.257. The third-order valence-electron chi connectivity index (χ3n) is 4.28. The molecular formula is C20H36O3. The number of carboxylic acids is 1. The minimum Gasteiger partial charge on any atom is -0.478 e. The molecule has 1 N–H and O–H groups in total. The van der Waals surface area contributed by atoms with Crippen molar-refractivity contribution in [1.29, 1.82) is 0 Å². The number of hydrogen-bond donors (Lipinski definition) is 1. The van der Waals surface area contributed by atoms with E-state index < -0.39 is 5.97 Å². The number of carbonyl (C=O) groups is 2. The van der Waals surface area contributed by atoms with Gasteiger partial charge in [-0.1, -0.05) is 83.6 Å². The highest BCUT2D eigenvalue weighted by Crippen LogP contribution is 2.13. The molecule has 0 spiro atoms. The van der Waals surface area contributed by atoms with Gasteiger partial charge in [0.15, 0.2) is 0 Å². The SMILES string of the molecule is CCCCCCCCCCCCCCC(=O)CC=C(C)C(=O)O. The fraction of sp³-hybridized carbons (Fsp3) is 0.800. The molecule has 0 aliphatic heterocycles. The summed E-state index contributed by atoms with van der Waals surface area (Å²) in [5, 5.41) is 8.70. The number of Topliss-reactive ketones (excluding diaryl/α,β-unsaturated/α-hetero) is 1. The summed E-state index contributed by atoms with van der Waals surface area (Å²) in [6.45, 7) is 3.78. The number of allylic oxidation sites excluding steroid dienone is 1. The Hall–Kier alpha value is -1.12. The van der Waals surface area contributed by atoms with E-state index in [9.17, 15) is 9.59 Å². The maximum Gasteiger partial charge on any atom is 0.330 e. The lowest BCUT2D eigenvalue weighted by Gasteiger charge is -2.02. The summed E-state index contributed by atoms with van der Waals surface area (Å²) in [7, 11) is 0. The zero-order valence-corrected chi connectivity index (χ0v) is 15.2. The van der Waals surface area contributed by atoms with Crippen LogP contribution >= 0.6 is 0 Å². The van der Waals surface area contributed by atoms with Gasteiger partial charge in [0.25, 0.3) is 0 Å². The van der Waals surface area contributed by atoms with E-state index in [0.29, 0.717) is 6.42 Å². The van der Waals surface area contributed by atoms with Gasteiger partial charge < -0.3 is 5.11 Å². The Balaban J connectivity index is 3.31. The average Bonchev–Trinajstić information content (AvgIpc) is 2.53. The fourth-order valence-corrected chi connectivity index (χ4v) is 2.62. The third-order valence-corrected chi connectivity index (χ3v) is 4.28. The first kappa shape index (κ1) is 21.9.